The smallest absolute Gasteiger partial charge is 0.0608 e. The molecule has 4 nitrogen and oxygen atoms in total. The maximum absolute atomic E-state index is 9.16. The number of rotatable bonds is 6. The first-order valence-corrected chi connectivity index (χ1v) is 9.43. The van der Waals surface area contributed by atoms with Crippen molar-refractivity contribution in [3.05, 3.63) is 54.1 Å². The molecule has 0 unspecified atom stereocenters. The molecule has 3 aromatic rings. The van der Waals surface area contributed by atoms with Crippen LogP contribution in [0.15, 0.2) is 48.5 Å². The lowest BCUT2D eigenvalue weighted by Gasteiger charge is -2.14. The second-order valence-corrected chi connectivity index (χ2v) is 6.57. The lowest BCUT2D eigenvalue weighted by atomic mass is 10.0. The van der Waals surface area contributed by atoms with E-state index in [0.717, 1.165) is 36.3 Å². The van der Waals surface area contributed by atoms with E-state index in [2.05, 4.69) is 73.5 Å². The number of fused-ring (bicyclic) bond motifs is 1. The zero-order valence-electron chi connectivity index (χ0n) is 16.3. The number of likely N-dealkylation sites (N-methyl/N-ethyl adjacent to an activating group) is 1. The van der Waals surface area contributed by atoms with Gasteiger partial charge in [0.1, 0.15) is 0 Å². The van der Waals surface area contributed by atoms with Gasteiger partial charge in [-0.3, -0.25) is 10.7 Å². The first kappa shape index (κ1) is 20.0. The molecule has 0 bridgehead atoms. The Morgan fingerprint density at radius 3 is 2.46 bits per heavy atom. The highest BCUT2D eigenvalue weighted by atomic mass is 16.5. The minimum atomic E-state index is 0.692. The van der Waals surface area contributed by atoms with Gasteiger partial charge >= 0.3 is 0 Å². The molecule has 140 valence electrons. The predicted molar refractivity (Wildman–Crippen MR) is 112 cm³/mol. The van der Waals surface area contributed by atoms with Crippen LogP contribution in [0.2, 0.25) is 0 Å². The second kappa shape index (κ2) is 10.00. The van der Waals surface area contributed by atoms with E-state index in [9.17, 15) is 0 Å². The van der Waals surface area contributed by atoms with E-state index in [1.54, 1.807) is 0 Å². The molecule has 0 aliphatic carbocycles. The van der Waals surface area contributed by atoms with Gasteiger partial charge in [0.2, 0.25) is 0 Å². The maximum atomic E-state index is 9.16. The summed E-state index contributed by atoms with van der Waals surface area (Å²) in [5.74, 6) is 0. The first-order valence-electron chi connectivity index (χ1n) is 9.43. The van der Waals surface area contributed by atoms with E-state index in [1.807, 2.05) is 18.2 Å². The van der Waals surface area contributed by atoms with E-state index >= 15 is 0 Å². The standard InChI is InChI=1S/C19H23N3O.C3H8/c1-3-22(2)12-11-17-16-9-4-5-10-18(16)20-19(17)14-7-6-8-15(13-14)21-23;1-3-2/h4-10,13,20-21,23H,3,11-12H2,1-2H3;3H2,1-2H3. The maximum Gasteiger partial charge on any atom is 0.0608 e. The molecule has 3 rings (SSSR count). The molecule has 0 saturated heterocycles. The van der Waals surface area contributed by atoms with E-state index in [0.29, 0.717) is 5.69 Å². The minimum Gasteiger partial charge on any atom is -0.354 e. The van der Waals surface area contributed by atoms with Crippen LogP contribution in [0.5, 0.6) is 0 Å². The van der Waals surface area contributed by atoms with Crippen LogP contribution in [-0.4, -0.2) is 35.2 Å². The summed E-state index contributed by atoms with van der Waals surface area (Å²) in [6.45, 7) is 8.48. The van der Waals surface area contributed by atoms with Gasteiger partial charge in [-0.2, -0.15) is 0 Å². The summed E-state index contributed by atoms with van der Waals surface area (Å²) < 4.78 is 0. The zero-order chi connectivity index (χ0) is 18.9. The van der Waals surface area contributed by atoms with E-state index in [-0.39, 0.29) is 0 Å². The summed E-state index contributed by atoms with van der Waals surface area (Å²) in [7, 11) is 2.14. The number of benzene rings is 2. The van der Waals surface area contributed by atoms with E-state index in [4.69, 9.17) is 5.21 Å². The zero-order valence-corrected chi connectivity index (χ0v) is 16.3. The molecule has 0 atom stereocenters. The van der Waals surface area contributed by atoms with Crippen molar-refractivity contribution in [2.24, 2.45) is 0 Å². The van der Waals surface area contributed by atoms with Gasteiger partial charge in [0, 0.05) is 28.7 Å². The van der Waals surface area contributed by atoms with E-state index in [1.165, 1.54) is 17.4 Å². The molecule has 0 amide bonds. The average molecular weight is 354 g/mol. The Labute approximate surface area is 156 Å². The molecule has 0 aliphatic heterocycles. The summed E-state index contributed by atoms with van der Waals surface area (Å²) in [5.41, 5.74) is 7.61. The number of nitrogens with zero attached hydrogens (tertiary/aromatic N) is 1. The van der Waals surface area contributed by atoms with E-state index < -0.39 is 0 Å². The number of aromatic amines is 1. The van der Waals surface area contributed by atoms with Gasteiger partial charge in [-0.25, -0.2) is 0 Å². The molecule has 26 heavy (non-hydrogen) atoms. The molecule has 0 aliphatic rings. The van der Waals surface area contributed by atoms with Gasteiger partial charge in [0.05, 0.1) is 5.69 Å². The summed E-state index contributed by atoms with van der Waals surface area (Å²) in [6, 6.07) is 16.2. The summed E-state index contributed by atoms with van der Waals surface area (Å²) in [5, 5.41) is 10.4. The number of anilines is 1. The average Bonchev–Trinajstić information content (AvgIpc) is 3.05. The summed E-state index contributed by atoms with van der Waals surface area (Å²) in [4.78, 5) is 5.86. The number of H-pyrrole nitrogens is 1. The predicted octanol–water partition coefficient (Wildman–Crippen LogP) is 5.55. The minimum absolute atomic E-state index is 0.692. The Morgan fingerprint density at radius 1 is 1.04 bits per heavy atom. The lowest BCUT2D eigenvalue weighted by molar-refractivity contribution is 0.358. The van der Waals surface area contributed by atoms with Crippen molar-refractivity contribution in [2.45, 2.75) is 33.6 Å². The van der Waals surface area contributed by atoms with Crippen molar-refractivity contribution < 1.29 is 5.21 Å². The van der Waals surface area contributed by atoms with Gasteiger partial charge in [-0.15, -0.1) is 0 Å². The van der Waals surface area contributed by atoms with Crippen molar-refractivity contribution in [3.63, 3.8) is 0 Å². The third-order valence-corrected chi connectivity index (χ3v) is 4.38. The van der Waals surface area contributed by atoms with Crippen LogP contribution >= 0.6 is 0 Å². The highest BCUT2D eigenvalue weighted by Crippen LogP contribution is 2.32. The number of hydrogen-bond donors (Lipinski definition) is 3. The van der Waals surface area contributed by atoms with Crippen LogP contribution in [0.4, 0.5) is 5.69 Å². The van der Waals surface area contributed by atoms with Crippen LogP contribution in [0.1, 0.15) is 32.8 Å². The second-order valence-electron chi connectivity index (χ2n) is 6.57. The van der Waals surface area contributed by atoms with Gasteiger partial charge < -0.3 is 9.88 Å². The fourth-order valence-corrected chi connectivity index (χ4v) is 2.91. The Hall–Kier alpha value is -2.30. The largest absolute Gasteiger partial charge is 0.354 e. The molecule has 0 fully saturated rings. The van der Waals surface area contributed by atoms with Crippen molar-refractivity contribution in [1.82, 2.24) is 9.88 Å². The Bertz CT molecular complexity index is 810. The quantitative estimate of drug-likeness (QED) is 0.510. The third kappa shape index (κ3) is 4.87. The molecule has 4 heteroatoms. The molecule has 1 heterocycles. The first-order chi connectivity index (χ1) is 12.6. The number of hydrogen-bond acceptors (Lipinski definition) is 3. The van der Waals surface area contributed by atoms with Crippen LogP contribution in [-0.2, 0) is 6.42 Å². The Kier molecular flexibility index (Phi) is 7.70. The Balaban J connectivity index is 0.000000758. The number of para-hydroxylation sites is 1. The van der Waals surface area contributed by atoms with Crippen LogP contribution < -0.4 is 5.48 Å². The highest BCUT2D eigenvalue weighted by Gasteiger charge is 2.13. The molecule has 2 aromatic carbocycles. The van der Waals surface area contributed by atoms with Crippen molar-refractivity contribution in [1.29, 1.82) is 0 Å². The molecular formula is C22H31N3O. The normalized spacial score (nSPS) is 10.7. The molecule has 0 saturated carbocycles. The van der Waals surface area contributed by atoms with Gasteiger partial charge in [-0.05, 0) is 43.8 Å². The SMILES string of the molecule is CCC.CCN(C)CCc1c(-c2cccc(NO)c2)[nH]c2ccccc12. The summed E-state index contributed by atoms with van der Waals surface area (Å²) >= 11 is 0. The topological polar surface area (TPSA) is 51.3 Å². The molecular weight excluding hydrogens is 322 g/mol. The number of nitrogens with one attached hydrogen (secondary N) is 2. The summed E-state index contributed by atoms with van der Waals surface area (Å²) in [6.07, 6.45) is 2.24. The van der Waals surface area contributed by atoms with Crippen LogP contribution in [0.3, 0.4) is 0 Å². The Morgan fingerprint density at radius 2 is 1.77 bits per heavy atom. The lowest BCUT2D eigenvalue weighted by Crippen LogP contribution is -2.20. The fourth-order valence-electron chi connectivity index (χ4n) is 2.91. The van der Waals surface area contributed by atoms with Crippen molar-refractivity contribution in [2.75, 3.05) is 25.6 Å². The van der Waals surface area contributed by atoms with Crippen LogP contribution in [0, 0.1) is 0 Å². The highest BCUT2D eigenvalue weighted by molar-refractivity contribution is 5.91. The third-order valence-electron chi connectivity index (χ3n) is 4.38. The monoisotopic (exact) mass is 353 g/mol. The molecule has 0 spiro atoms. The molecule has 0 radical (unpaired) electrons. The molecule has 1 aromatic heterocycles. The van der Waals surface area contributed by atoms with Crippen molar-refractivity contribution in [3.8, 4) is 11.3 Å². The van der Waals surface area contributed by atoms with Crippen molar-refractivity contribution >= 4 is 16.6 Å². The van der Waals surface area contributed by atoms with Crippen LogP contribution in [0.25, 0.3) is 22.2 Å². The fraction of sp³-hybridized carbons (Fsp3) is 0.364. The van der Waals surface area contributed by atoms with Gasteiger partial charge in [-0.1, -0.05) is 57.5 Å². The number of aromatic nitrogens is 1. The van der Waals surface area contributed by atoms with Gasteiger partial charge in [0.25, 0.3) is 0 Å². The van der Waals surface area contributed by atoms with Gasteiger partial charge in [0.15, 0.2) is 0 Å². The molecule has 3 N–H and O–H groups in total.